The van der Waals surface area contributed by atoms with Gasteiger partial charge in [-0.1, -0.05) is 32.1 Å². The van der Waals surface area contributed by atoms with E-state index in [-0.39, 0.29) is 17.2 Å². The van der Waals surface area contributed by atoms with Gasteiger partial charge in [0.15, 0.2) is 0 Å². The Morgan fingerprint density at radius 3 is 2.76 bits per heavy atom. The molecule has 1 aromatic rings. The van der Waals surface area contributed by atoms with Gasteiger partial charge in [0.2, 0.25) is 11.0 Å². The van der Waals surface area contributed by atoms with Crippen LogP contribution in [0.1, 0.15) is 32.2 Å². The van der Waals surface area contributed by atoms with E-state index in [9.17, 15) is 4.79 Å². The van der Waals surface area contributed by atoms with Crippen LogP contribution in [-0.2, 0) is 10.2 Å². The Labute approximate surface area is 105 Å². The molecule has 1 amide bonds. The zero-order chi connectivity index (χ0) is 12.5. The van der Waals surface area contributed by atoms with E-state index in [1.807, 2.05) is 0 Å². The lowest BCUT2D eigenvalue weighted by atomic mass is 9.98. The Balaban J connectivity index is 1.99. The molecule has 2 heterocycles. The predicted octanol–water partition coefficient (Wildman–Crippen LogP) is 1.38. The molecule has 0 aliphatic carbocycles. The smallest absolute Gasteiger partial charge is 0.230 e. The van der Waals surface area contributed by atoms with Crippen molar-refractivity contribution in [2.24, 2.45) is 5.92 Å². The molecular formula is C11H18N4OS. The fraction of sp³-hybridized carbons (Fsp3) is 0.727. The third-order valence-electron chi connectivity index (χ3n) is 2.73. The van der Waals surface area contributed by atoms with Gasteiger partial charge in [-0.05, 0) is 13.0 Å². The number of nitrogens with zero attached hydrogens (tertiary/aromatic N) is 2. The maximum atomic E-state index is 11.9. The van der Waals surface area contributed by atoms with Crippen LogP contribution in [0.15, 0.2) is 0 Å². The first kappa shape index (κ1) is 12.4. The number of hydrogen-bond donors (Lipinski definition) is 2. The predicted molar refractivity (Wildman–Crippen MR) is 68.2 cm³/mol. The molecule has 1 aromatic heterocycles. The largest absolute Gasteiger partial charge is 0.316 e. The molecule has 0 radical (unpaired) electrons. The van der Waals surface area contributed by atoms with Crippen molar-refractivity contribution in [3.8, 4) is 0 Å². The highest BCUT2D eigenvalue weighted by Gasteiger charge is 2.24. The number of amides is 1. The van der Waals surface area contributed by atoms with Crippen LogP contribution in [0.2, 0.25) is 0 Å². The monoisotopic (exact) mass is 254 g/mol. The number of nitrogens with one attached hydrogen (secondary N) is 2. The fourth-order valence-corrected chi connectivity index (χ4v) is 2.47. The highest BCUT2D eigenvalue weighted by Crippen LogP contribution is 2.28. The summed E-state index contributed by atoms with van der Waals surface area (Å²) in [6.07, 6.45) is 0.900. The van der Waals surface area contributed by atoms with E-state index in [4.69, 9.17) is 0 Å². The summed E-state index contributed by atoms with van der Waals surface area (Å²) in [5.74, 6) is 0.114. The van der Waals surface area contributed by atoms with Crippen molar-refractivity contribution in [2.45, 2.75) is 32.6 Å². The molecule has 1 saturated heterocycles. The van der Waals surface area contributed by atoms with Crippen molar-refractivity contribution in [2.75, 3.05) is 18.4 Å². The lowest BCUT2D eigenvalue weighted by Crippen LogP contribution is -2.24. The second-order valence-electron chi connectivity index (χ2n) is 5.34. The first-order valence-corrected chi connectivity index (χ1v) is 6.64. The van der Waals surface area contributed by atoms with Crippen molar-refractivity contribution in [1.29, 1.82) is 0 Å². The van der Waals surface area contributed by atoms with E-state index >= 15 is 0 Å². The molecule has 0 bridgehead atoms. The van der Waals surface area contributed by atoms with Crippen molar-refractivity contribution in [1.82, 2.24) is 15.5 Å². The van der Waals surface area contributed by atoms with Crippen LogP contribution in [0.3, 0.4) is 0 Å². The van der Waals surface area contributed by atoms with E-state index in [0.29, 0.717) is 5.13 Å². The Morgan fingerprint density at radius 2 is 2.24 bits per heavy atom. The van der Waals surface area contributed by atoms with Gasteiger partial charge in [0.05, 0.1) is 5.92 Å². The molecule has 94 valence electrons. The molecule has 5 nitrogen and oxygen atoms in total. The van der Waals surface area contributed by atoms with Crippen molar-refractivity contribution < 1.29 is 4.79 Å². The van der Waals surface area contributed by atoms with Gasteiger partial charge in [0.25, 0.3) is 0 Å². The minimum atomic E-state index is -0.0183. The SMILES string of the molecule is CC(C)(C)c1nnc(NC(=O)C2CCNC2)s1. The Kier molecular flexibility index (Phi) is 3.44. The standard InChI is InChI=1S/C11H18N4OS/c1-11(2,3)9-14-15-10(17-9)13-8(16)7-4-5-12-6-7/h7,12H,4-6H2,1-3H3,(H,13,15,16). The third kappa shape index (κ3) is 3.01. The molecular weight excluding hydrogens is 236 g/mol. The number of anilines is 1. The van der Waals surface area contributed by atoms with Gasteiger partial charge in [-0.15, -0.1) is 10.2 Å². The number of hydrogen-bond acceptors (Lipinski definition) is 5. The summed E-state index contributed by atoms with van der Waals surface area (Å²) in [4.78, 5) is 11.9. The molecule has 2 N–H and O–H groups in total. The van der Waals surface area contributed by atoms with Crippen LogP contribution in [0, 0.1) is 5.92 Å². The summed E-state index contributed by atoms with van der Waals surface area (Å²) >= 11 is 1.45. The van der Waals surface area contributed by atoms with Gasteiger partial charge in [-0.3, -0.25) is 4.79 Å². The highest BCUT2D eigenvalue weighted by molar-refractivity contribution is 7.15. The Hall–Kier alpha value is -1.01. The summed E-state index contributed by atoms with van der Waals surface area (Å²) < 4.78 is 0. The topological polar surface area (TPSA) is 66.9 Å². The number of carbonyl (C=O) groups is 1. The van der Waals surface area contributed by atoms with E-state index in [0.717, 1.165) is 24.5 Å². The van der Waals surface area contributed by atoms with Gasteiger partial charge in [-0.2, -0.15) is 0 Å². The molecule has 2 rings (SSSR count). The van der Waals surface area contributed by atoms with Crippen molar-refractivity contribution in [3.05, 3.63) is 5.01 Å². The van der Waals surface area contributed by atoms with Gasteiger partial charge < -0.3 is 10.6 Å². The molecule has 1 unspecified atom stereocenters. The molecule has 1 aliphatic rings. The van der Waals surface area contributed by atoms with Crippen LogP contribution in [-0.4, -0.2) is 29.2 Å². The summed E-state index contributed by atoms with van der Waals surface area (Å²) in [5, 5.41) is 15.7. The first-order chi connectivity index (χ1) is 7.97. The van der Waals surface area contributed by atoms with Gasteiger partial charge >= 0.3 is 0 Å². The van der Waals surface area contributed by atoms with Crippen molar-refractivity contribution in [3.63, 3.8) is 0 Å². The third-order valence-corrected chi connectivity index (χ3v) is 3.99. The zero-order valence-electron chi connectivity index (χ0n) is 10.4. The first-order valence-electron chi connectivity index (χ1n) is 5.82. The quantitative estimate of drug-likeness (QED) is 0.837. The normalized spacial score (nSPS) is 20.5. The van der Waals surface area contributed by atoms with E-state index in [2.05, 4.69) is 41.6 Å². The average molecular weight is 254 g/mol. The zero-order valence-corrected chi connectivity index (χ0v) is 11.2. The molecule has 0 aromatic carbocycles. The van der Waals surface area contributed by atoms with Gasteiger partial charge in [0.1, 0.15) is 5.01 Å². The maximum Gasteiger partial charge on any atom is 0.230 e. The molecule has 17 heavy (non-hydrogen) atoms. The second-order valence-corrected chi connectivity index (χ2v) is 6.32. The van der Waals surface area contributed by atoms with Crippen LogP contribution in [0.25, 0.3) is 0 Å². The number of carbonyl (C=O) groups excluding carboxylic acids is 1. The van der Waals surface area contributed by atoms with Gasteiger partial charge in [0, 0.05) is 12.0 Å². The van der Waals surface area contributed by atoms with Gasteiger partial charge in [-0.25, -0.2) is 0 Å². The molecule has 6 heteroatoms. The summed E-state index contributed by atoms with van der Waals surface area (Å²) in [6.45, 7) is 7.93. The lowest BCUT2D eigenvalue weighted by molar-refractivity contribution is -0.119. The fourth-order valence-electron chi connectivity index (χ4n) is 1.66. The summed E-state index contributed by atoms with van der Waals surface area (Å²) in [7, 11) is 0. The minimum Gasteiger partial charge on any atom is -0.316 e. The average Bonchev–Trinajstić information content (AvgIpc) is 2.85. The highest BCUT2D eigenvalue weighted by atomic mass is 32.1. The second kappa shape index (κ2) is 4.70. The molecule has 1 aliphatic heterocycles. The number of aromatic nitrogens is 2. The molecule has 1 fully saturated rings. The lowest BCUT2D eigenvalue weighted by Gasteiger charge is -2.12. The minimum absolute atomic E-state index is 0.0183. The summed E-state index contributed by atoms with van der Waals surface area (Å²) in [5.41, 5.74) is -0.0183. The summed E-state index contributed by atoms with van der Waals surface area (Å²) in [6, 6.07) is 0. The molecule has 1 atom stereocenters. The van der Waals surface area contributed by atoms with Crippen LogP contribution < -0.4 is 10.6 Å². The molecule has 0 saturated carbocycles. The number of rotatable bonds is 2. The van der Waals surface area contributed by atoms with E-state index < -0.39 is 0 Å². The Bertz CT molecular complexity index is 404. The van der Waals surface area contributed by atoms with Crippen LogP contribution >= 0.6 is 11.3 Å². The maximum absolute atomic E-state index is 11.9. The Morgan fingerprint density at radius 1 is 1.47 bits per heavy atom. The van der Waals surface area contributed by atoms with Crippen molar-refractivity contribution >= 4 is 22.4 Å². The van der Waals surface area contributed by atoms with Crippen LogP contribution in [0.5, 0.6) is 0 Å². The molecule has 0 spiro atoms. The van der Waals surface area contributed by atoms with E-state index in [1.54, 1.807) is 0 Å². The van der Waals surface area contributed by atoms with E-state index in [1.165, 1.54) is 11.3 Å². The van der Waals surface area contributed by atoms with Crippen LogP contribution in [0.4, 0.5) is 5.13 Å².